The van der Waals surface area contributed by atoms with E-state index in [-0.39, 0.29) is 30.8 Å². The number of rotatable bonds is 8. The number of carbonyl (C=O) groups excluding carboxylic acids is 2. The Morgan fingerprint density at radius 2 is 1.60 bits per heavy atom. The van der Waals surface area contributed by atoms with Crippen LogP contribution in [0.25, 0.3) is 10.8 Å². The average Bonchev–Trinajstić information content (AvgIpc) is 2.87. The lowest BCUT2D eigenvalue weighted by atomic mass is 9.95. The van der Waals surface area contributed by atoms with Gasteiger partial charge in [-0.15, -0.1) is 0 Å². The van der Waals surface area contributed by atoms with Gasteiger partial charge < -0.3 is 10.2 Å². The van der Waals surface area contributed by atoms with Crippen LogP contribution in [0.4, 0.5) is 0 Å². The van der Waals surface area contributed by atoms with Gasteiger partial charge in [0.25, 0.3) is 0 Å². The van der Waals surface area contributed by atoms with E-state index < -0.39 is 6.04 Å². The predicted molar refractivity (Wildman–Crippen MR) is 144 cm³/mol. The number of halogens is 2. The van der Waals surface area contributed by atoms with Gasteiger partial charge in [0.15, 0.2) is 0 Å². The third kappa shape index (κ3) is 6.36. The van der Waals surface area contributed by atoms with Gasteiger partial charge in [-0.3, -0.25) is 9.59 Å². The van der Waals surface area contributed by atoms with Gasteiger partial charge in [0, 0.05) is 34.6 Å². The smallest absolute Gasteiger partial charge is 0.242 e. The molecule has 0 radical (unpaired) electrons. The molecule has 1 N–H and O–H groups in total. The van der Waals surface area contributed by atoms with E-state index in [0.717, 1.165) is 42.0 Å². The maximum Gasteiger partial charge on any atom is 0.242 e. The van der Waals surface area contributed by atoms with Gasteiger partial charge in [0.2, 0.25) is 11.8 Å². The van der Waals surface area contributed by atoms with Crippen LogP contribution < -0.4 is 5.32 Å². The quantitative estimate of drug-likeness (QED) is 0.356. The molecule has 184 valence electrons. The van der Waals surface area contributed by atoms with Gasteiger partial charge in [-0.05, 0) is 54.7 Å². The fourth-order valence-corrected chi connectivity index (χ4v) is 5.42. The van der Waals surface area contributed by atoms with Crippen LogP contribution in [0.3, 0.4) is 0 Å². The summed E-state index contributed by atoms with van der Waals surface area (Å²) in [6, 6.07) is 19.2. The third-order valence-corrected chi connectivity index (χ3v) is 7.71. The molecule has 1 fully saturated rings. The SMILES string of the molecule is C[C@H](C(=O)NC1CCCCC1)N(Cc1c(Cl)cccc1Cl)C(=O)CCc1cccc2ccccc12. The van der Waals surface area contributed by atoms with Crippen LogP contribution in [0.1, 0.15) is 56.6 Å². The van der Waals surface area contributed by atoms with E-state index in [0.29, 0.717) is 22.0 Å². The van der Waals surface area contributed by atoms with E-state index >= 15 is 0 Å². The summed E-state index contributed by atoms with van der Waals surface area (Å²) < 4.78 is 0. The Bertz CT molecular complexity index is 1160. The minimum absolute atomic E-state index is 0.0970. The number of nitrogens with one attached hydrogen (secondary N) is 1. The highest BCUT2D eigenvalue weighted by Gasteiger charge is 2.29. The summed E-state index contributed by atoms with van der Waals surface area (Å²) in [6.07, 6.45) is 6.32. The Morgan fingerprint density at radius 3 is 2.34 bits per heavy atom. The van der Waals surface area contributed by atoms with Crippen molar-refractivity contribution in [2.45, 2.75) is 70.5 Å². The molecule has 35 heavy (non-hydrogen) atoms. The Hall–Kier alpha value is -2.56. The van der Waals surface area contributed by atoms with Crippen LogP contribution in [0, 0.1) is 0 Å². The molecule has 0 heterocycles. The average molecular weight is 511 g/mol. The molecule has 1 aliphatic rings. The maximum atomic E-state index is 13.6. The van der Waals surface area contributed by atoms with E-state index in [4.69, 9.17) is 23.2 Å². The molecule has 1 atom stereocenters. The number of carbonyl (C=O) groups is 2. The van der Waals surface area contributed by atoms with Crippen LogP contribution in [0.15, 0.2) is 60.7 Å². The highest BCUT2D eigenvalue weighted by atomic mass is 35.5. The molecule has 3 aromatic carbocycles. The largest absolute Gasteiger partial charge is 0.352 e. The molecule has 3 aromatic rings. The summed E-state index contributed by atoms with van der Waals surface area (Å²) in [5, 5.41) is 6.44. The van der Waals surface area contributed by atoms with Crippen LogP contribution in [0.5, 0.6) is 0 Å². The van der Waals surface area contributed by atoms with Gasteiger partial charge in [-0.25, -0.2) is 0 Å². The number of hydrogen-bond acceptors (Lipinski definition) is 2. The van der Waals surface area contributed by atoms with Crippen molar-refractivity contribution in [3.63, 3.8) is 0 Å². The van der Waals surface area contributed by atoms with Gasteiger partial charge >= 0.3 is 0 Å². The van der Waals surface area contributed by atoms with Crippen molar-refractivity contribution in [3.05, 3.63) is 81.8 Å². The zero-order chi connectivity index (χ0) is 24.8. The zero-order valence-electron chi connectivity index (χ0n) is 20.1. The van der Waals surface area contributed by atoms with Crippen LogP contribution in [-0.2, 0) is 22.6 Å². The maximum absolute atomic E-state index is 13.6. The molecule has 0 bridgehead atoms. The van der Waals surface area contributed by atoms with Gasteiger partial charge in [0.05, 0.1) is 0 Å². The lowest BCUT2D eigenvalue weighted by molar-refractivity contribution is -0.141. The summed E-state index contributed by atoms with van der Waals surface area (Å²) in [5.41, 5.74) is 1.78. The number of fused-ring (bicyclic) bond motifs is 1. The molecule has 0 aromatic heterocycles. The van der Waals surface area contributed by atoms with Gasteiger partial charge in [-0.2, -0.15) is 0 Å². The summed E-state index contributed by atoms with van der Waals surface area (Å²) in [7, 11) is 0. The van der Waals surface area contributed by atoms with E-state index in [1.165, 1.54) is 6.42 Å². The summed E-state index contributed by atoms with van der Waals surface area (Å²) in [5.74, 6) is -0.223. The molecule has 6 heteroatoms. The molecule has 1 saturated carbocycles. The number of hydrogen-bond donors (Lipinski definition) is 1. The van der Waals surface area contributed by atoms with Crippen molar-refractivity contribution in [1.29, 1.82) is 0 Å². The molecule has 0 aliphatic heterocycles. The lowest BCUT2D eigenvalue weighted by Crippen LogP contribution is -2.50. The van der Waals surface area contributed by atoms with E-state index in [1.807, 2.05) is 18.2 Å². The number of benzene rings is 3. The predicted octanol–water partition coefficient (Wildman–Crippen LogP) is 6.95. The topological polar surface area (TPSA) is 49.4 Å². The van der Waals surface area contributed by atoms with Crippen molar-refractivity contribution < 1.29 is 9.59 Å². The van der Waals surface area contributed by atoms with Crippen LogP contribution in [-0.4, -0.2) is 28.8 Å². The molecule has 4 nitrogen and oxygen atoms in total. The minimum atomic E-state index is -0.635. The normalized spacial score (nSPS) is 15.1. The number of nitrogens with zero attached hydrogens (tertiary/aromatic N) is 1. The Labute approximate surface area is 217 Å². The molecular weight excluding hydrogens is 479 g/mol. The highest BCUT2D eigenvalue weighted by Crippen LogP contribution is 2.28. The monoisotopic (exact) mass is 510 g/mol. The molecule has 0 unspecified atom stereocenters. The van der Waals surface area contributed by atoms with E-state index in [9.17, 15) is 9.59 Å². The second-order valence-electron chi connectivity index (χ2n) is 9.38. The van der Waals surface area contributed by atoms with Gasteiger partial charge in [0.1, 0.15) is 6.04 Å². The first-order valence-electron chi connectivity index (χ1n) is 12.4. The zero-order valence-corrected chi connectivity index (χ0v) is 21.6. The van der Waals surface area contributed by atoms with Gasteiger partial charge in [-0.1, -0.05) is 91.0 Å². The Balaban J connectivity index is 1.53. The Morgan fingerprint density at radius 1 is 0.943 bits per heavy atom. The minimum Gasteiger partial charge on any atom is -0.352 e. The first kappa shape index (κ1) is 25.5. The second-order valence-corrected chi connectivity index (χ2v) is 10.2. The third-order valence-electron chi connectivity index (χ3n) is 7.00. The van der Waals surface area contributed by atoms with Crippen molar-refractivity contribution >= 4 is 45.8 Å². The highest BCUT2D eigenvalue weighted by molar-refractivity contribution is 6.36. The standard InChI is InChI=1S/C29H32Cl2N2O2/c1-20(29(35)32-23-12-3-2-4-13-23)33(19-25-26(30)15-8-16-27(25)31)28(34)18-17-22-11-7-10-21-9-5-6-14-24(21)22/h5-11,14-16,20,23H,2-4,12-13,17-19H2,1H3,(H,32,35)/t20-/m1/s1. The fourth-order valence-electron chi connectivity index (χ4n) is 4.90. The number of aryl methyl sites for hydroxylation is 1. The van der Waals surface area contributed by atoms with Crippen molar-refractivity contribution in [3.8, 4) is 0 Å². The van der Waals surface area contributed by atoms with Crippen molar-refractivity contribution in [2.24, 2.45) is 0 Å². The van der Waals surface area contributed by atoms with E-state index in [2.05, 4.69) is 29.6 Å². The first-order chi connectivity index (χ1) is 16.9. The molecule has 4 rings (SSSR count). The van der Waals surface area contributed by atoms with Crippen LogP contribution >= 0.6 is 23.2 Å². The summed E-state index contributed by atoms with van der Waals surface area (Å²) >= 11 is 12.9. The molecule has 1 aliphatic carbocycles. The lowest BCUT2D eigenvalue weighted by Gasteiger charge is -2.31. The molecular formula is C29H32Cl2N2O2. The van der Waals surface area contributed by atoms with Crippen molar-refractivity contribution in [2.75, 3.05) is 0 Å². The van der Waals surface area contributed by atoms with Crippen LogP contribution in [0.2, 0.25) is 10.0 Å². The summed E-state index contributed by atoms with van der Waals surface area (Å²) in [6.45, 7) is 1.98. The molecule has 2 amide bonds. The second kappa shape index (κ2) is 11.9. The Kier molecular flexibility index (Phi) is 8.69. The fraction of sp³-hybridized carbons (Fsp3) is 0.379. The van der Waals surface area contributed by atoms with E-state index in [1.54, 1.807) is 30.0 Å². The molecule has 0 saturated heterocycles. The molecule has 0 spiro atoms. The summed E-state index contributed by atoms with van der Waals surface area (Å²) in [4.78, 5) is 28.4. The van der Waals surface area contributed by atoms with Crippen molar-refractivity contribution in [1.82, 2.24) is 10.2 Å². The number of amides is 2. The first-order valence-corrected chi connectivity index (χ1v) is 13.2.